The molecule has 0 aliphatic carbocycles. The lowest BCUT2D eigenvalue weighted by Gasteiger charge is -2.15. The molecular weight excluding hydrogens is 166 g/mol. The molecule has 70 valence electrons. The number of nitrogens with one attached hydrogen (secondary N) is 1. The minimum absolute atomic E-state index is 0.313. The van der Waals surface area contributed by atoms with Crippen LogP contribution in [0.5, 0.6) is 0 Å². The van der Waals surface area contributed by atoms with Crippen molar-refractivity contribution in [3.63, 3.8) is 0 Å². The number of nitrogens with zero attached hydrogens (tertiary/aromatic N) is 3. The summed E-state index contributed by atoms with van der Waals surface area (Å²) in [5.41, 5.74) is 5.40. The molecule has 0 aliphatic heterocycles. The lowest BCUT2D eigenvalue weighted by molar-refractivity contribution is 0.894. The lowest BCUT2D eigenvalue weighted by Crippen LogP contribution is -2.24. The van der Waals surface area contributed by atoms with Crippen molar-refractivity contribution in [3.05, 3.63) is 25.3 Å². The van der Waals surface area contributed by atoms with Gasteiger partial charge < -0.3 is 10.6 Å². The van der Waals surface area contributed by atoms with Gasteiger partial charge in [0, 0.05) is 13.1 Å². The van der Waals surface area contributed by atoms with Gasteiger partial charge in [-0.2, -0.15) is 4.98 Å². The molecule has 0 spiro atoms. The van der Waals surface area contributed by atoms with Gasteiger partial charge in [0.15, 0.2) is 0 Å². The van der Waals surface area contributed by atoms with Crippen molar-refractivity contribution in [1.29, 1.82) is 0 Å². The highest BCUT2D eigenvalue weighted by Crippen LogP contribution is 2.06. The summed E-state index contributed by atoms with van der Waals surface area (Å²) in [5.74, 6) is 0.880. The molecule has 5 heteroatoms. The van der Waals surface area contributed by atoms with E-state index in [1.165, 1.54) is 0 Å². The second-order valence-electron chi connectivity index (χ2n) is 2.50. The average molecular weight is 179 g/mol. The number of hydrogen-bond donors (Lipinski definition) is 2. The zero-order chi connectivity index (χ0) is 9.68. The fraction of sp³-hybridized carbons (Fsp3) is 0.250. The van der Waals surface area contributed by atoms with E-state index in [0.717, 1.165) is 0 Å². The smallest absolute Gasteiger partial charge is 0.246 e. The summed E-state index contributed by atoms with van der Waals surface area (Å²) in [5, 5.41) is 6.49. The molecule has 1 heterocycles. The van der Waals surface area contributed by atoms with E-state index >= 15 is 0 Å². The Morgan fingerprint density at radius 1 is 1.38 bits per heavy atom. The van der Waals surface area contributed by atoms with E-state index in [1.807, 2.05) is 4.90 Å². The van der Waals surface area contributed by atoms with Crippen molar-refractivity contribution < 1.29 is 0 Å². The van der Waals surface area contributed by atoms with Gasteiger partial charge in [-0.3, -0.25) is 0 Å². The molecule has 5 nitrogen and oxygen atoms in total. The van der Waals surface area contributed by atoms with Crippen LogP contribution >= 0.6 is 0 Å². The van der Waals surface area contributed by atoms with Crippen molar-refractivity contribution in [2.75, 3.05) is 23.7 Å². The fourth-order valence-electron chi connectivity index (χ4n) is 0.956. The summed E-state index contributed by atoms with van der Waals surface area (Å²) < 4.78 is 0. The molecule has 0 atom stereocenters. The molecule has 1 aromatic heterocycles. The van der Waals surface area contributed by atoms with E-state index in [9.17, 15) is 0 Å². The van der Waals surface area contributed by atoms with Crippen molar-refractivity contribution in [2.24, 2.45) is 0 Å². The van der Waals surface area contributed by atoms with E-state index in [0.29, 0.717) is 25.0 Å². The van der Waals surface area contributed by atoms with Crippen LogP contribution in [0.25, 0.3) is 0 Å². The second-order valence-corrected chi connectivity index (χ2v) is 2.50. The Morgan fingerprint density at radius 3 is 2.38 bits per heavy atom. The van der Waals surface area contributed by atoms with Crippen LogP contribution < -0.4 is 10.6 Å². The Morgan fingerprint density at radius 2 is 2.00 bits per heavy atom. The molecule has 1 aromatic rings. The maximum Gasteiger partial charge on any atom is 0.246 e. The summed E-state index contributed by atoms with van der Waals surface area (Å²) in [6, 6.07) is 0. The molecule has 0 fully saturated rings. The standard InChI is InChI=1S/C8H13N5/c1-3-5-13(6-4-2)8-10-7(9)11-12-8/h3-4H,1-2,5-6H2,(H3,9,10,11,12). The molecule has 0 bridgehead atoms. The van der Waals surface area contributed by atoms with Crippen LogP contribution in [0.2, 0.25) is 0 Å². The van der Waals surface area contributed by atoms with Gasteiger partial charge in [0.1, 0.15) is 0 Å². The number of nitrogen functional groups attached to an aromatic ring is 1. The first-order valence-corrected chi connectivity index (χ1v) is 3.92. The normalized spacial score (nSPS) is 9.54. The number of anilines is 2. The molecule has 0 radical (unpaired) electrons. The predicted octanol–water partition coefficient (Wildman–Crippen LogP) is 0.565. The molecule has 3 N–H and O–H groups in total. The van der Waals surface area contributed by atoms with Crippen LogP contribution in [0, 0.1) is 0 Å². The highest BCUT2D eigenvalue weighted by Gasteiger charge is 2.07. The van der Waals surface area contributed by atoms with Crippen LogP contribution in [0.15, 0.2) is 25.3 Å². The number of H-pyrrole nitrogens is 1. The van der Waals surface area contributed by atoms with Gasteiger partial charge >= 0.3 is 0 Å². The average Bonchev–Trinajstić information content (AvgIpc) is 2.51. The van der Waals surface area contributed by atoms with Crippen molar-refractivity contribution in [1.82, 2.24) is 15.2 Å². The molecule has 0 saturated carbocycles. The van der Waals surface area contributed by atoms with Gasteiger partial charge in [-0.05, 0) is 0 Å². The zero-order valence-corrected chi connectivity index (χ0v) is 7.40. The summed E-state index contributed by atoms with van der Waals surface area (Å²) in [7, 11) is 0. The number of aromatic nitrogens is 3. The molecule has 0 aliphatic rings. The minimum Gasteiger partial charge on any atom is -0.368 e. The molecule has 0 aromatic carbocycles. The summed E-state index contributed by atoms with van der Waals surface area (Å²) in [6.45, 7) is 8.62. The number of aromatic amines is 1. The van der Waals surface area contributed by atoms with Crippen LogP contribution in [-0.2, 0) is 0 Å². The highest BCUT2D eigenvalue weighted by atomic mass is 15.4. The minimum atomic E-state index is 0.313. The van der Waals surface area contributed by atoms with E-state index in [4.69, 9.17) is 5.73 Å². The first-order chi connectivity index (χ1) is 6.27. The number of rotatable bonds is 5. The van der Waals surface area contributed by atoms with Crippen LogP contribution in [0.3, 0.4) is 0 Å². The Bertz CT molecular complexity index is 280. The third-order valence-corrected chi connectivity index (χ3v) is 1.47. The van der Waals surface area contributed by atoms with Crippen LogP contribution in [0.1, 0.15) is 0 Å². The lowest BCUT2D eigenvalue weighted by atomic mass is 10.5. The van der Waals surface area contributed by atoms with Crippen LogP contribution in [0.4, 0.5) is 11.9 Å². The van der Waals surface area contributed by atoms with E-state index in [1.54, 1.807) is 12.2 Å². The summed E-state index contributed by atoms with van der Waals surface area (Å²) >= 11 is 0. The maximum atomic E-state index is 5.40. The third kappa shape index (κ3) is 2.33. The van der Waals surface area contributed by atoms with E-state index in [2.05, 4.69) is 28.3 Å². The maximum absolute atomic E-state index is 5.40. The Hall–Kier alpha value is -1.78. The molecule has 0 amide bonds. The van der Waals surface area contributed by atoms with Gasteiger partial charge in [0.2, 0.25) is 11.9 Å². The van der Waals surface area contributed by atoms with Crippen molar-refractivity contribution >= 4 is 11.9 Å². The molecular formula is C8H13N5. The van der Waals surface area contributed by atoms with Crippen molar-refractivity contribution in [2.45, 2.75) is 0 Å². The van der Waals surface area contributed by atoms with E-state index < -0.39 is 0 Å². The van der Waals surface area contributed by atoms with Gasteiger partial charge in [-0.1, -0.05) is 12.2 Å². The van der Waals surface area contributed by atoms with Gasteiger partial charge in [0.25, 0.3) is 0 Å². The quantitative estimate of drug-likeness (QED) is 0.648. The first-order valence-electron chi connectivity index (χ1n) is 3.92. The SMILES string of the molecule is C=CCN(CC=C)c1n[nH]c(N)n1. The Kier molecular flexibility index (Phi) is 3.08. The van der Waals surface area contributed by atoms with Gasteiger partial charge in [-0.25, -0.2) is 5.10 Å². The summed E-state index contributed by atoms with van der Waals surface area (Å²) in [6.07, 6.45) is 3.55. The molecule has 13 heavy (non-hydrogen) atoms. The second kappa shape index (κ2) is 4.30. The third-order valence-electron chi connectivity index (χ3n) is 1.47. The molecule has 1 rings (SSSR count). The zero-order valence-electron chi connectivity index (χ0n) is 7.40. The predicted molar refractivity (Wildman–Crippen MR) is 53.4 cm³/mol. The van der Waals surface area contributed by atoms with Crippen LogP contribution in [-0.4, -0.2) is 28.3 Å². The number of hydrogen-bond acceptors (Lipinski definition) is 4. The van der Waals surface area contributed by atoms with Crippen molar-refractivity contribution in [3.8, 4) is 0 Å². The van der Waals surface area contributed by atoms with E-state index in [-0.39, 0.29) is 0 Å². The largest absolute Gasteiger partial charge is 0.368 e. The van der Waals surface area contributed by atoms with Gasteiger partial charge in [-0.15, -0.1) is 18.3 Å². The monoisotopic (exact) mass is 179 g/mol. The number of nitrogens with two attached hydrogens (primary N) is 1. The fourth-order valence-corrected chi connectivity index (χ4v) is 0.956. The van der Waals surface area contributed by atoms with Gasteiger partial charge in [0.05, 0.1) is 0 Å². The topological polar surface area (TPSA) is 70.8 Å². The Labute approximate surface area is 77.0 Å². The molecule has 0 saturated heterocycles. The molecule has 0 unspecified atom stereocenters. The first kappa shape index (κ1) is 9.31. The highest BCUT2D eigenvalue weighted by molar-refractivity contribution is 5.35. The Balaban J connectivity index is 2.74. The summed E-state index contributed by atoms with van der Waals surface area (Å²) in [4.78, 5) is 5.89.